The summed E-state index contributed by atoms with van der Waals surface area (Å²) in [7, 11) is 0. The molecule has 2 aromatic rings. The zero-order valence-corrected chi connectivity index (χ0v) is 13.8. The van der Waals surface area contributed by atoms with E-state index in [4.69, 9.17) is 23.2 Å². The molecule has 0 amide bonds. The van der Waals surface area contributed by atoms with Crippen LogP contribution in [0.25, 0.3) is 0 Å². The van der Waals surface area contributed by atoms with Crippen LogP contribution in [0.2, 0.25) is 0 Å². The van der Waals surface area contributed by atoms with E-state index in [0.29, 0.717) is 22.9 Å². The minimum atomic E-state index is -0.0101. The molecule has 0 atom stereocenters. The molecule has 0 aliphatic heterocycles. The summed E-state index contributed by atoms with van der Waals surface area (Å²) in [6, 6.07) is 7.16. The number of alkyl halides is 2. The van der Waals surface area contributed by atoms with Crippen LogP contribution >= 0.6 is 23.2 Å². The van der Waals surface area contributed by atoms with Crippen LogP contribution in [0, 0.1) is 0 Å². The van der Waals surface area contributed by atoms with Crippen molar-refractivity contribution in [3.63, 3.8) is 0 Å². The van der Waals surface area contributed by atoms with Gasteiger partial charge in [-0.05, 0) is 49.9 Å². The predicted molar refractivity (Wildman–Crippen MR) is 90.0 cm³/mol. The molecule has 0 saturated heterocycles. The lowest BCUT2D eigenvalue weighted by molar-refractivity contribution is 0.103. The Hall–Kier alpha value is -1.45. The first-order valence-electron chi connectivity index (χ1n) is 7.31. The number of carbonyl (C=O) groups is 1. The summed E-state index contributed by atoms with van der Waals surface area (Å²) >= 11 is 11.4. The van der Waals surface area contributed by atoms with Crippen molar-refractivity contribution in [3.05, 3.63) is 59.2 Å². The van der Waals surface area contributed by atoms with Crippen molar-refractivity contribution >= 4 is 29.0 Å². The van der Waals surface area contributed by atoms with E-state index in [1.54, 1.807) is 24.5 Å². The minimum absolute atomic E-state index is 0.0101. The SMILES string of the molecule is O=C(c1ccnc(CCCCl)c1)c1ccnc(CCCCl)c1. The maximum Gasteiger partial charge on any atom is 0.193 e. The molecule has 0 fully saturated rings. The Balaban J connectivity index is 2.17. The van der Waals surface area contributed by atoms with Gasteiger partial charge >= 0.3 is 0 Å². The van der Waals surface area contributed by atoms with Gasteiger partial charge in [0, 0.05) is 46.7 Å². The van der Waals surface area contributed by atoms with Gasteiger partial charge in [-0.2, -0.15) is 0 Å². The Bertz CT molecular complexity index is 578. The van der Waals surface area contributed by atoms with Crippen LogP contribution in [0.15, 0.2) is 36.7 Å². The summed E-state index contributed by atoms with van der Waals surface area (Å²) in [4.78, 5) is 21.1. The lowest BCUT2D eigenvalue weighted by atomic mass is 10.0. The van der Waals surface area contributed by atoms with Gasteiger partial charge in [-0.25, -0.2) is 0 Å². The first-order chi connectivity index (χ1) is 10.7. The molecule has 0 N–H and O–H groups in total. The second-order valence-electron chi connectivity index (χ2n) is 4.99. The summed E-state index contributed by atoms with van der Waals surface area (Å²) in [6.07, 6.45) is 6.61. The number of ketones is 1. The highest BCUT2D eigenvalue weighted by atomic mass is 35.5. The van der Waals surface area contributed by atoms with E-state index < -0.39 is 0 Å². The van der Waals surface area contributed by atoms with Gasteiger partial charge in [0.2, 0.25) is 0 Å². The maximum absolute atomic E-state index is 12.6. The average molecular weight is 337 g/mol. The number of rotatable bonds is 8. The van der Waals surface area contributed by atoms with Crippen molar-refractivity contribution in [2.24, 2.45) is 0 Å². The van der Waals surface area contributed by atoms with Gasteiger partial charge in [0.05, 0.1) is 0 Å². The summed E-state index contributed by atoms with van der Waals surface area (Å²) in [5.74, 6) is 1.17. The fourth-order valence-electron chi connectivity index (χ4n) is 2.17. The topological polar surface area (TPSA) is 42.9 Å². The van der Waals surface area contributed by atoms with E-state index in [9.17, 15) is 4.79 Å². The van der Waals surface area contributed by atoms with Gasteiger partial charge in [-0.3, -0.25) is 14.8 Å². The predicted octanol–water partition coefficient (Wildman–Crippen LogP) is 4.05. The average Bonchev–Trinajstić information content (AvgIpc) is 2.58. The third kappa shape index (κ3) is 4.79. The standard InChI is InChI=1S/C17H18Cl2N2O/c18-7-1-3-15-11-13(5-9-20-15)17(22)14-6-10-21-16(12-14)4-2-8-19/h5-6,9-12H,1-4,7-8H2. The molecular formula is C17H18Cl2N2O. The first kappa shape index (κ1) is 16.9. The molecule has 0 aliphatic rings. The first-order valence-corrected chi connectivity index (χ1v) is 8.38. The van der Waals surface area contributed by atoms with E-state index in [1.165, 1.54) is 0 Å². The molecule has 0 aromatic carbocycles. The second-order valence-corrected chi connectivity index (χ2v) is 5.74. The van der Waals surface area contributed by atoms with Crippen molar-refractivity contribution in [1.29, 1.82) is 0 Å². The molecule has 0 saturated carbocycles. The van der Waals surface area contributed by atoms with E-state index in [2.05, 4.69) is 9.97 Å². The number of carbonyl (C=O) groups excluding carboxylic acids is 1. The molecular weight excluding hydrogens is 319 g/mol. The summed E-state index contributed by atoms with van der Waals surface area (Å²) in [6.45, 7) is 0. The van der Waals surface area contributed by atoms with Crippen LogP contribution in [-0.4, -0.2) is 27.5 Å². The van der Waals surface area contributed by atoms with Crippen LogP contribution in [0.4, 0.5) is 0 Å². The molecule has 2 heterocycles. The molecule has 0 unspecified atom stereocenters. The van der Waals surface area contributed by atoms with Crippen LogP contribution in [-0.2, 0) is 12.8 Å². The number of hydrogen-bond acceptors (Lipinski definition) is 3. The Labute approximate surface area is 140 Å². The van der Waals surface area contributed by atoms with Crippen LogP contribution < -0.4 is 0 Å². The Kier molecular flexibility index (Phi) is 6.81. The molecule has 116 valence electrons. The molecule has 5 heteroatoms. The summed E-state index contributed by atoms with van der Waals surface area (Å²) < 4.78 is 0. The fourth-order valence-corrected chi connectivity index (χ4v) is 2.44. The highest BCUT2D eigenvalue weighted by molar-refractivity contribution is 6.18. The number of pyridine rings is 2. The normalized spacial score (nSPS) is 10.6. The molecule has 0 radical (unpaired) electrons. The molecule has 2 aromatic heterocycles. The Morgan fingerprint density at radius 1 is 0.864 bits per heavy atom. The number of nitrogens with zero attached hydrogens (tertiary/aromatic N) is 2. The van der Waals surface area contributed by atoms with Gasteiger partial charge in [0.1, 0.15) is 0 Å². The van der Waals surface area contributed by atoms with Crippen molar-refractivity contribution in [3.8, 4) is 0 Å². The zero-order chi connectivity index (χ0) is 15.8. The Morgan fingerprint density at radius 2 is 1.32 bits per heavy atom. The number of hydrogen-bond donors (Lipinski definition) is 0. The van der Waals surface area contributed by atoms with Gasteiger partial charge in [-0.15, -0.1) is 23.2 Å². The van der Waals surface area contributed by atoms with Crippen LogP contribution in [0.5, 0.6) is 0 Å². The molecule has 2 rings (SSSR count). The van der Waals surface area contributed by atoms with Crippen molar-refractivity contribution in [2.45, 2.75) is 25.7 Å². The van der Waals surface area contributed by atoms with E-state index in [-0.39, 0.29) is 5.78 Å². The highest BCUT2D eigenvalue weighted by Crippen LogP contribution is 2.13. The Morgan fingerprint density at radius 3 is 1.73 bits per heavy atom. The van der Waals surface area contributed by atoms with Gasteiger partial charge in [0.15, 0.2) is 5.78 Å². The highest BCUT2D eigenvalue weighted by Gasteiger charge is 2.11. The van der Waals surface area contributed by atoms with Crippen LogP contribution in [0.3, 0.4) is 0 Å². The number of aromatic nitrogens is 2. The largest absolute Gasteiger partial charge is 0.289 e. The van der Waals surface area contributed by atoms with Crippen LogP contribution in [0.1, 0.15) is 40.2 Å². The van der Waals surface area contributed by atoms with E-state index in [0.717, 1.165) is 37.1 Å². The van der Waals surface area contributed by atoms with Crippen molar-refractivity contribution in [1.82, 2.24) is 9.97 Å². The monoisotopic (exact) mass is 336 g/mol. The summed E-state index contributed by atoms with van der Waals surface area (Å²) in [5, 5.41) is 0. The quantitative estimate of drug-likeness (QED) is 0.539. The number of halogens is 2. The van der Waals surface area contributed by atoms with Gasteiger partial charge in [0.25, 0.3) is 0 Å². The molecule has 0 aliphatic carbocycles. The lowest BCUT2D eigenvalue weighted by Crippen LogP contribution is -2.05. The van der Waals surface area contributed by atoms with E-state index in [1.807, 2.05) is 12.1 Å². The lowest BCUT2D eigenvalue weighted by Gasteiger charge is -2.05. The second kappa shape index (κ2) is 8.86. The third-order valence-electron chi connectivity index (χ3n) is 3.29. The van der Waals surface area contributed by atoms with Crippen molar-refractivity contribution < 1.29 is 4.79 Å². The van der Waals surface area contributed by atoms with Gasteiger partial charge in [-0.1, -0.05) is 0 Å². The summed E-state index contributed by atoms with van der Waals surface area (Å²) in [5.41, 5.74) is 3.08. The molecule has 22 heavy (non-hydrogen) atoms. The smallest absolute Gasteiger partial charge is 0.193 e. The van der Waals surface area contributed by atoms with E-state index >= 15 is 0 Å². The third-order valence-corrected chi connectivity index (χ3v) is 3.83. The van der Waals surface area contributed by atoms with Crippen molar-refractivity contribution in [2.75, 3.05) is 11.8 Å². The minimum Gasteiger partial charge on any atom is -0.289 e. The molecule has 3 nitrogen and oxygen atoms in total. The fraction of sp³-hybridized carbons (Fsp3) is 0.353. The molecule has 0 spiro atoms. The molecule has 0 bridgehead atoms. The zero-order valence-electron chi connectivity index (χ0n) is 12.3. The number of aryl methyl sites for hydroxylation is 2. The van der Waals surface area contributed by atoms with Gasteiger partial charge < -0.3 is 0 Å². The maximum atomic E-state index is 12.6.